The number of anilines is 3. The standard InChI is InChI=1S/C61H38N2O/c1-3-16-39(17-4-1)40-30-32-42(33-31-40)62(55-28-15-27-54-60(55)48-23-9-13-26-53(48)61(54)51-24-11-7-20-44(51)45-21-8-12-25-52(45)61)43-34-35-46-49-38-59-50(47-22-10-14-29-58(47)64-59)37-57(49)63(56(46)36-43)41-18-5-2-6-19-41/h1-38H. The molecule has 0 radical (unpaired) electrons. The molecule has 12 aromatic rings. The Morgan fingerprint density at radius 3 is 1.69 bits per heavy atom. The average molecular weight is 815 g/mol. The lowest BCUT2D eigenvalue weighted by Crippen LogP contribution is -2.26. The van der Waals surface area contributed by atoms with E-state index >= 15 is 0 Å². The van der Waals surface area contributed by atoms with Gasteiger partial charge in [-0.15, -0.1) is 0 Å². The van der Waals surface area contributed by atoms with Crippen LogP contribution in [0.25, 0.3) is 82.8 Å². The number of rotatable bonds is 5. The summed E-state index contributed by atoms with van der Waals surface area (Å²) in [5.74, 6) is 0. The van der Waals surface area contributed by atoms with Crippen molar-refractivity contribution in [2.24, 2.45) is 0 Å². The summed E-state index contributed by atoms with van der Waals surface area (Å²) in [5, 5.41) is 4.57. The first-order valence-corrected chi connectivity index (χ1v) is 22.1. The maximum Gasteiger partial charge on any atom is 0.136 e. The van der Waals surface area contributed by atoms with Gasteiger partial charge < -0.3 is 13.9 Å². The van der Waals surface area contributed by atoms with Crippen LogP contribution in [-0.4, -0.2) is 4.57 Å². The number of furan rings is 1. The van der Waals surface area contributed by atoms with E-state index < -0.39 is 5.41 Å². The van der Waals surface area contributed by atoms with E-state index in [1.54, 1.807) is 0 Å². The van der Waals surface area contributed by atoms with Gasteiger partial charge in [0.1, 0.15) is 11.2 Å². The average Bonchev–Trinajstić information content (AvgIpc) is 4.07. The third kappa shape index (κ3) is 4.76. The van der Waals surface area contributed by atoms with Crippen molar-refractivity contribution in [3.8, 4) is 39.1 Å². The summed E-state index contributed by atoms with van der Waals surface area (Å²) < 4.78 is 8.91. The summed E-state index contributed by atoms with van der Waals surface area (Å²) in [6.07, 6.45) is 0. The van der Waals surface area contributed by atoms with Gasteiger partial charge in [-0.05, 0) is 111 Å². The first kappa shape index (κ1) is 35.2. The fourth-order valence-electron chi connectivity index (χ4n) is 11.4. The summed E-state index contributed by atoms with van der Waals surface area (Å²) in [6.45, 7) is 0. The summed E-state index contributed by atoms with van der Waals surface area (Å²) >= 11 is 0. The molecule has 0 amide bonds. The molecule has 0 saturated heterocycles. The number of hydrogen-bond donors (Lipinski definition) is 0. The van der Waals surface area contributed by atoms with E-state index in [1.807, 2.05) is 6.07 Å². The minimum atomic E-state index is -0.456. The molecule has 0 atom stereocenters. The van der Waals surface area contributed by atoms with Crippen LogP contribution in [0, 0.1) is 0 Å². The number of benzene rings is 10. The molecule has 2 aliphatic rings. The van der Waals surface area contributed by atoms with Gasteiger partial charge in [0.25, 0.3) is 0 Å². The number of hydrogen-bond acceptors (Lipinski definition) is 2. The lowest BCUT2D eigenvalue weighted by atomic mass is 9.70. The minimum Gasteiger partial charge on any atom is -0.456 e. The van der Waals surface area contributed by atoms with Gasteiger partial charge in [-0.25, -0.2) is 0 Å². The number of nitrogens with zero attached hydrogens (tertiary/aromatic N) is 2. The van der Waals surface area contributed by atoms with E-state index in [1.165, 1.54) is 61.0 Å². The van der Waals surface area contributed by atoms with Crippen molar-refractivity contribution in [3.63, 3.8) is 0 Å². The van der Waals surface area contributed by atoms with Gasteiger partial charge in [0.15, 0.2) is 0 Å². The smallest absolute Gasteiger partial charge is 0.136 e. The highest BCUT2D eigenvalue weighted by Crippen LogP contribution is 2.64. The quantitative estimate of drug-likeness (QED) is 0.173. The maximum absolute atomic E-state index is 6.48. The predicted octanol–water partition coefficient (Wildman–Crippen LogP) is 16.2. The molecule has 298 valence electrons. The molecule has 0 N–H and O–H groups in total. The van der Waals surface area contributed by atoms with E-state index in [9.17, 15) is 0 Å². The lowest BCUT2D eigenvalue weighted by molar-refractivity contribution is 0.669. The highest BCUT2D eigenvalue weighted by molar-refractivity contribution is 6.17. The van der Waals surface area contributed by atoms with Gasteiger partial charge in [-0.2, -0.15) is 0 Å². The molecule has 14 rings (SSSR count). The van der Waals surface area contributed by atoms with Crippen LogP contribution in [0.15, 0.2) is 235 Å². The molecule has 2 heterocycles. The van der Waals surface area contributed by atoms with Crippen LogP contribution in [0.2, 0.25) is 0 Å². The molecular formula is C61H38N2O. The highest BCUT2D eigenvalue weighted by atomic mass is 16.3. The molecule has 2 aliphatic carbocycles. The molecule has 1 spiro atoms. The van der Waals surface area contributed by atoms with Crippen LogP contribution in [0.3, 0.4) is 0 Å². The highest BCUT2D eigenvalue weighted by Gasteiger charge is 2.52. The number of fused-ring (bicyclic) bond motifs is 16. The van der Waals surface area contributed by atoms with Crippen LogP contribution in [-0.2, 0) is 5.41 Å². The second-order valence-corrected chi connectivity index (χ2v) is 17.2. The van der Waals surface area contributed by atoms with E-state index in [2.05, 4.69) is 234 Å². The fourth-order valence-corrected chi connectivity index (χ4v) is 11.4. The van der Waals surface area contributed by atoms with Crippen molar-refractivity contribution in [1.82, 2.24) is 4.57 Å². The Bertz CT molecular complexity index is 3790. The van der Waals surface area contributed by atoms with Crippen LogP contribution < -0.4 is 4.90 Å². The van der Waals surface area contributed by atoms with Gasteiger partial charge in [0.2, 0.25) is 0 Å². The molecule has 0 unspecified atom stereocenters. The predicted molar refractivity (Wildman–Crippen MR) is 264 cm³/mol. The maximum atomic E-state index is 6.48. The molecule has 2 aromatic heterocycles. The molecule has 0 saturated carbocycles. The molecule has 0 bridgehead atoms. The zero-order chi connectivity index (χ0) is 41.9. The van der Waals surface area contributed by atoms with Gasteiger partial charge in [0, 0.05) is 44.2 Å². The Morgan fingerprint density at radius 2 is 0.938 bits per heavy atom. The SMILES string of the molecule is c1ccc(-c2ccc(N(c3ccc4c5cc6oc7ccccc7c6cc5n(-c5ccccc5)c4c3)c3cccc4c3-c3ccccc3C43c4ccccc4-c4ccccc43)cc2)cc1. The molecule has 10 aromatic carbocycles. The summed E-state index contributed by atoms with van der Waals surface area (Å²) in [4.78, 5) is 2.49. The van der Waals surface area contributed by atoms with Crippen LogP contribution in [0.5, 0.6) is 0 Å². The third-order valence-corrected chi connectivity index (χ3v) is 14.0. The van der Waals surface area contributed by atoms with E-state index in [-0.39, 0.29) is 0 Å². The monoisotopic (exact) mass is 814 g/mol. The lowest BCUT2D eigenvalue weighted by Gasteiger charge is -2.32. The van der Waals surface area contributed by atoms with Gasteiger partial charge in [-0.1, -0.05) is 170 Å². The van der Waals surface area contributed by atoms with Gasteiger partial charge in [0.05, 0.1) is 22.1 Å². The Kier molecular flexibility index (Phi) is 7.32. The van der Waals surface area contributed by atoms with Crippen molar-refractivity contribution in [1.29, 1.82) is 0 Å². The molecule has 0 fully saturated rings. The largest absolute Gasteiger partial charge is 0.456 e. The normalized spacial score (nSPS) is 13.1. The van der Waals surface area contributed by atoms with Gasteiger partial charge in [-0.3, -0.25) is 0 Å². The topological polar surface area (TPSA) is 21.3 Å². The zero-order valence-electron chi connectivity index (χ0n) is 34.7. The summed E-state index contributed by atoms with van der Waals surface area (Å²) in [7, 11) is 0. The van der Waals surface area contributed by atoms with Crippen LogP contribution in [0.4, 0.5) is 17.1 Å². The Labute approximate surface area is 370 Å². The summed E-state index contributed by atoms with van der Waals surface area (Å²) in [5.41, 5.74) is 20.9. The van der Waals surface area contributed by atoms with E-state index in [0.29, 0.717) is 0 Å². The zero-order valence-corrected chi connectivity index (χ0v) is 34.7. The Balaban J connectivity index is 1.06. The number of aromatic nitrogens is 1. The van der Waals surface area contributed by atoms with E-state index in [0.717, 1.165) is 61.1 Å². The molecule has 64 heavy (non-hydrogen) atoms. The fraction of sp³-hybridized carbons (Fsp3) is 0.0164. The second-order valence-electron chi connectivity index (χ2n) is 17.2. The Hall–Kier alpha value is -8.40. The van der Waals surface area contributed by atoms with Crippen molar-refractivity contribution in [2.45, 2.75) is 5.41 Å². The van der Waals surface area contributed by atoms with E-state index in [4.69, 9.17) is 4.42 Å². The Morgan fingerprint density at radius 1 is 0.359 bits per heavy atom. The van der Waals surface area contributed by atoms with Crippen LogP contribution in [0.1, 0.15) is 22.3 Å². The van der Waals surface area contributed by atoms with Crippen LogP contribution >= 0.6 is 0 Å². The first-order chi connectivity index (χ1) is 31.8. The number of para-hydroxylation sites is 2. The molecule has 3 nitrogen and oxygen atoms in total. The molecule has 3 heteroatoms. The summed E-state index contributed by atoms with van der Waals surface area (Å²) in [6, 6.07) is 84.6. The third-order valence-electron chi connectivity index (χ3n) is 14.0. The van der Waals surface area contributed by atoms with Crippen molar-refractivity contribution >= 4 is 60.8 Å². The second kappa shape index (κ2) is 13.3. The van der Waals surface area contributed by atoms with Gasteiger partial charge >= 0.3 is 0 Å². The van der Waals surface area contributed by atoms with Crippen molar-refractivity contribution in [2.75, 3.05) is 4.90 Å². The first-order valence-electron chi connectivity index (χ1n) is 22.1. The van der Waals surface area contributed by atoms with Crippen molar-refractivity contribution in [3.05, 3.63) is 253 Å². The molecule has 0 aliphatic heterocycles. The minimum absolute atomic E-state index is 0.456. The van der Waals surface area contributed by atoms with Crippen molar-refractivity contribution < 1.29 is 4.42 Å². The molecular weight excluding hydrogens is 777 g/mol.